The molecule has 4 rings (SSSR count). The van der Waals surface area contributed by atoms with E-state index in [4.69, 9.17) is 21.8 Å². The van der Waals surface area contributed by atoms with Crippen molar-refractivity contribution < 1.29 is 4.42 Å². The van der Waals surface area contributed by atoms with E-state index in [2.05, 4.69) is 33.6 Å². The molecule has 1 saturated carbocycles. The number of anilines is 1. The lowest BCUT2D eigenvalue weighted by atomic mass is 10.1. The highest BCUT2D eigenvalue weighted by Gasteiger charge is 2.30. The second kappa shape index (κ2) is 7.32. The number of nitrogens with zero attached hydrogens (tertiary/aromatic N) is 1. The van der Waals surface area contributed by atoms with Crippen LogP contribution in [0.5, 0.6) is 0 Å². The molecule has 0 aromatic carbocycles. The van der Waals surface area contributed by atoms with Crippen LogP contribution in [0, 0.1) is 17.8 Å². The smallest absolute Gasteiger partial charge is 0.177 e. The molecule has 3 aromatic heterocycles. The van der Waals surface area contributed by atoms with Crippen LogP contribution in [0.1, 0.15) is 36.0 Å². The lowest BCUT2D eigenvalue weighted by Crippen LogP contribution is -2.25. The highest BCUT2D eigenvalue weighted by Crippen LogP contribution is 2.36. The number of aromatic nitrogens is 1. The molecule has 3 heterocycles. The molecule has 134 valence electrons. The van der Waals surface area contributed by atoms with Gasteiger partial charge >= 0.3 is 0 Å². The van der Waals surface area contributed by atoms with Gasteiger partial charge in [0, 0.05) is 30.0 Å². The lowest BCUT2D eigenvalue weighted by molar-refractivity contribution is 0.490. The monoisotopic (exact) mass is 385 g/mol. The topological polar surface area (TPSA) is 64.1 Å². The third-order valence-corrected chi connectivity index (χ3v) is 5.68. The first-order valence-corrected chi connectivity index (χ1v) is 9.98. The summed E-state index contributed by atoms with van der Waals surface area (Å²) >= 11 is 7.98. The third-order valence-electron chi connectivity index (χ3n) is 4.61. The fourth-order valence-corrected chi connectivity index (χ4v) is 3.95. The van der Waals surface area contributed by atoms with Crippen LogP contribution in [0.15, 0.2) is 28.0 Å². The summed E-state index contributed by atoms with van der Waals surface area (Å²) in [6.07, 6.45) is 3.08. The molecule has 3 N–H and O–H groups in total. The van der Waals surface area contributed by atoms with Gasteiger partial charge < -0.3 is 15.5 Å². The van der Waals surface area contributed by atoms with E-state index >= 15 is 0 Å². The Hall–Kier alpha value is -2.00. The molecule has 6 heteroatoms. The van der Waals surface area contributed by atoms with Crippen LogP contribution in [-0.4, -0.2) is 11.0 Å². The third kappa shape index (κ3) is 3.59. The zero-order chi connectivity index (χ0) is 18.1. The lowest BCUT2D eigenvalue weighted by Gasteiger charge is -2.07. The summed E-state index contributed by atoms with van der Waals surface area (Å²) in [6, 6.07) is 6.03. The molecular weight excluding hydrogens is 366 g/mol. The molecule has 1 fully saturated rings. The number of hydrogen-bond donors (Lipinski definition) is 2. The number of hydrogen-bond acceptors (Lipinski definition) is 5. The molecule has 0 spiro atoms. The van der Waals surface area contributed by atoms with E-state index in [0.717, 1.165) is 17.0 Å². The van der Waals surface area contributed by atoms with Crippen molar-refractivity contribution in [1.29, 1.82) is 0 Å². The molecule has 0 amide bonds. The predicted octanol–water partition coefficient (Wildman–Crippen LogP) is 4.81. The Labute approximate surface area is 161 Å². The van der Waals surface area contributed by atoms with Crippen molar-refractivity contribution in [2.75, 3.05) is 5.32 Å². The predicted molar refractivity (Wildman–Crippen MR) is 108 cm³/mol. The van der Waals surface area contributed by atoms with Crippen LogP contribution in [0.2, 0.25) is 5.15 Å². The van der Waals surface area contributed by atoms with E-state index < -0.39 is 0 Å². The van der Waals surface area contributed by atoms with Gasteiger partial charge in [-0.25, -0.2) is 4.98 Å². The molecule has 3 aromatic rings. The van der Waals surface area contributed by atoms with Gasteiger partial charge in [-0.15, -0.1) is 17.3 Å². The van der Waals surface area contributed by atoms with E-state index in [1.54, 1.807) is 17.4 Å². The fraction of sp³-hybridized carbons (Fsp3) is 0.350. The number of rotatable bonds is 6. The number of thiophene rings is 1. The van der Waals surface area contributed by atoms with Gasteiger partial charge in [-0.1, -0.05) is 23.6 Å². The Morgan fingerprint density at radius 3 is 3.04 bits per heavy atom. The second-order valence-corrected chi connectivity index (χ2v) is 8.00. The van der Waals surface area contributed by atoms with Crippen LogP contribution >= 0.6 is 22.9 Å². The molecule has 0 aliphatic heterocycles. The number of nitrogens with one attached hydrogen (secondary N) is 1. The molecule has 4 nitrogen and oxygen atoms in total. The molecule has 1 atom stereocenters. The highest BCUT2D eigenvalue weighted by atomic mass is 35.5. The van der Waals surface area contributed by atoms with Gasteiger partial charge in [-0.3, -0.25) is 0 Å². The Morgan fingerprint density at radius 2 is 2.35 bits per heavy atom. The summed E-state index contributed by atoms with van der Waals surface area (Å²) < 4.78 is 6.19. The minimum absolute atomic E-state index is 0.103. The van der Waals surface area contributed by atoms with E-state index in [-0.39, 0.29) is 6.04 Å². The zero-order valence-corrected chi connectivity index (χ0v) is 16.1. The first kappa shape index (κ1) is 17.4. The molecule has 26 heavy (non-hydrogen) atoms. The average molecular weight is 386 g/mol. The Bertz CT molecular complexity index is 980. The summed E-state index contributed by atoms with van der Waals surface area (Å²) in [7, 11) is 0. The van der Waals surface area contributed by atoms with Crippen LogP contribution < -0.4 is 11.1 Å². The second-order valence-electron chi connectivity index (χ2n) is 6.58. The van der Waals surface area contributed by atoms with Crippen molar-refractivity contribution in [3.8, 4) is 11.8 Å². The number of furan rings is 1. The number of fused-ring (bicyclic) bond motifs is 1. The maximum atomic E-state index is 6.32. The minimum Gasteiger partial charge on any atom is -0.456 e. The van der Waals surface area contributed by atoms with E-state index in [0.29, 0.717) is 35.1 Å². The van der Waals surface area contributed by atoms with Crippen molar-refractivity contribution in [3.63, 3.8) is 0 Å². The van der Waals surface area contributed by atoms with Crippen molar-refractivity contribution >= 4 is 39.7 Å². The maximum absolute atomic E-state index is 6.32. The molecule has 0 bridgehead atoms. The largest absolute Gasteiger partial charge is 0.456 e. The minimum atomic E-state index is 0.103. The summed E-state index contributed by atoms with van der Waals surface area (Å²) in [5, 5.41) is 5.90. The fourth-order valence-electron chi connectivity index (χ4n) is 3.11. The molecule has 1 aliphatic rings. The van der Waals surface area contributed by atoms with E-state index in [1.165, 1.54) is 17.7 Å². The van der Waals surface area contributed by atoms with Gasteiger partial charge in [0.05, 0.1) is 11.3 Å². The summed E-state index contributed by atoms with van der Waals surface area (Å²) in [5.41, 5.74) is 9.36. The van der Waals surface area contributed by atoms with E-state index in [9.17, 15) is 0 Å². The summed E-state index contributed by atoms with van der Waals surface area (Å²) in [4.78, 5) is 5.72. The summed E-state index contributed by atoms with van der Waals surface area (Å²) in [6.45, 7) is 2.52. The van der Waals surface area contributed by atoms with Crippen LogP contribution in [0.25, 0.3) is 11.1 Å². The molecule has 0 radical (unpaired) electrons. The molecule has 1 aliphatic carbocycles. The maximum Gasteiger partial charge on any atom is 0.177 e. The molecule has 0 unspecified atom stereocenters. The van der Waals surface area contributed by atoms with Crippen molar-refractivity contribution in [2.45, 2.75) is 38.8 Å². The first-order valence-electron chi connectivity index (χ1n) is 8.72. The normalized spacial score (nSPS) is 14.9. The van der Waals surface area contributed by atoms with Gasteiger partial charge in [0.1, 0.15) is 16.4 Å². The summed E-state index contributed by atoms with van der Waals surface area (Å²) in [5.74, 6) is 7.51. The van der Waals surface area contributed by atoms with Gasteiger partial charge in [-0.05, 0) is 37.1 Å². The van der Waals surface area contributed by atoms with E-state index in [1.807, 2.05) is 13.0 Å². The van der Waals surface area contributed by atoms with Crippen molar-refractivity contribution in [1.82, 2.24) is 4.98 Å². The van der Waals surface area contributed by atoms with Crippen molar-refractivity contribution in [3.05, 3.63) is 44.9 Å². The van der Waals surface area contributed by atoms with Gasteiger partial charge in [0.25, 0.3) is 0 Å². The number of nitrogens with two attached hydrogens (primary N) is 1. The zero-order valence-electron chi connectivity index (χ0n) is 14.5. The average Bonchev–Trinajstić information content (AvgIpc) is 3.25. The van der Waals surface area contributed by atoms with Crippen molar-refractivity contribution in [2.24, 2.45) is 11.7 Å². The molecular formula is C20H20ClN3OS. The Kier molecular flexibility index (Phi) is 4.90. The quantitative estimate of drug-likeness (QED) is 0.472. The SMILES string of the molecule is CC#Cc1c(C[C@@H](N)C2CC2)oc2c(NCc3cccs3)cc(Cl)nc12. The number of pyridine rings is 1. The standard InChI is InChI=1S/C20H20ClN3OS/c1-2-4-14-17(9-15(22)12-6-7-12)25-20-16(10-18(21)24-19(14)20)23-11-13-5-3-8-26-13/h3,5,8,10,12,15H,6-7,9,11,22H2,1H3,(H,23,24)/t15-/m1/s1. The van der Waals surface area contributed by atoms with Crippen LogP contribution in [0.3, 0.4) is 0 Å². The number of halogens is 1. The Balaban J connectivity index is 1.73. The first-order chi connectivity index (χ1) is 12.7. The van der Waals surface area contributed by atoms with Gasteiger partial charge in [0.15, 0.2) is 5.58 Å². The Morgan fingerprint density at radius 1 is 1.50 bits per heavy atom. The molecule has 0 saturated heterocycles. The van der Waals surface area contributed by atoms with Crippen LogP contribution in [0.4, 0.5) is 5.69 Å². The highest BCUT2D eigenvalue weighted by molar-refractivity contribution is 7.09. The van der Waals surface area contributed by atoms with Crippen LogP contribution in [-0.2, 0) is 13.0 Å². The van der Waals surface area contributed by atoms with Gasteiger partial charge in [-0.2, -0.15) is 0 Å². The van der Waals surface area contributed by atoms with Gasteiger partial charge in [0.2, 0.25) is 0 Å².